The van der Waals surface area contributed by atoms with Crippen molar-refractivity contribution in [2.45, 2.75) is 38.6 Å². The lowest BCUT2D eigenvalue weighted by Gasteiger charge is -2.30. The Kier molecular flexibility index (Phi) is 3.86. The van der Waals surface area contributed by atoms with Crippen molar-refractivity contribution in [3.05, 3.63) is 20.8 Å². The van der Waals surface area contributed by atoms with Crippen molar-refractivity contribution in [1.29, 1.82) is 0 Å². The first-order valence-corrected chi connectivity index (χ1v) is 7.28. The lowest BCUT2D eigenvalue weighted by molar-refractivity contribution is 0.258. The van der Waals surface area contributed by atoms with Crippen LogP contribution in [0, 0.1) is 11.8 Å². The molecule has 84 valence electrons. The number of hydrogen-bond acceptors (Lipinski definition) is 2. The van der Waals surface area contributed by atoms with Gasteiger partial charge in [0.2, 0.25) is 0 Å². The van der Waals surface area contributed by atoms with Gasteiger partial charge in [-0.05, 0) is 52.7 Å². The molecule has 1 aromatic heterocycles. The van der Waals surface area contributed by atoms with Crippen molar-refractivity contribution >= 4 is 27.3 Å². The molecule has 1 aliphatic carbocycles. The van der Waals surface area contributed by atoms with Crippen molar-refractivity contribution in [3.8, 4) is 0 Å². The summed E-state index contributed by atoms with van der Waals surface area (Å²) in [5.41, 5.74) is 6.32. The molecule has 0 aliphatic heterocycles. The molecule has 1 aromatic rings. The van der Waals surface area contributed by atoms with E-state index in [-0.39, 0.29) is 6.04 Å². The first-order chi connectivity index (χ1) is 7.16. The second-order valence-corrected chi connectivity index (χ2v) is 7.18. The maximum atomic E-state index is 6.32. The third-order valence-corrected chi connectivity index (χ3v) is 5.22. The van der Waals surface area contributed by atoms with Crippen molar-refractivity contribution in [1.82, 2.24) is 0 Å². The van der Waals surface area contributed by atoms with Crippen molar-refractivity contribution < 1.29 is 0 Å². The quantitative estimate of drug-likeness (QED) is 0.861. The predicted molar refractivity (Wildman–Crippen MR) is 70.1 cm³/mol. The van der Waals surface area contributed by atoms with E-state index in [1.54, 1.807) is 11.3 Å². The number of hydrogen-bond donors (Lipinski definition) is 1. The Balaban J connectivity index is 1.99. The first-order valence-electron chi connectivity index (χ1n) is 5.67. The second kappa shape index (κ2) is 4.98. The summed E-state index contributed by atoms with van der Waals surface area (Å²) in [5, 5.41) is 0. The molecule has 15 heavy (non-hydrogen) atoms. The standard InChI is InChI=1S/C12H18BrNS/c1-8-2-4-9(5-3-8)12(14)10-6-7-11(13)15-10/h6-9,12H,2-5,14H2,1H3. The van der Waals surface area contributed by atoms with Crippen LogP contribution in [-0.2, 0) is 0 Å². The van der Waals surface area contributed by atoms with E-state index in [0.717, 1.165) is 5.92 Å². The summed E-state index contributed by atoms with van der Waals surface area (Å²) in [6, 6.07) is 4.52. The molecule has 3 heteroatoms. The molecule has 1 saturated carbocycles. The fourth-order valence-electron chi connectivity index (χ4n) is 2.38. The van der Waals surface area contributed by atoms with Crippen molar-refractivity contribution in [3.63, 3.8) is 0 Å². The van der Waals surface area contributed by atoms with Gasteiger partial charge in [0.1, 0.15) is 0 Å². The molecule has 1 nitrogen and oxygen atoms in total. The molecule has 0 spiro atoms. The minimum atomic E-state index is 0.258. The summed E-state index contributed by atoms with van der Waals surface area (Å²) in [5.74, 6) is 1.61. The normalized spacial score (nSPS) is 29.0. The third-order valence-electron chi connectivity index (χ3n) is 3.49. The maximum Gasteiger partial charge on any atom is 0.0701 e. The van der Waals surface area contributed by atoms with Gasteiger partial charge in [-0.1, -0.05) is 19.8 Å². The van der Waals surface area contributed by atoms with Gasteiger partial charge in [0.05, 0.1) is 3.79 Å². The lowest BCUT2D eigenvalue weighted by atomic mass is 9.79. The number of halogens is 1. The largest absolute Gasteiger partial charge is 0.323 e. The molecule has 0 radical (unpaired) electrons. The highest BCUT2D eigenvalue weighted by Gasteiger charge is 2.25. The SMILES string of the molecule is CC1CCC(C(N)c2ccc(Br)s2)CC1. The zero-order chi connectivity index (χ0) is 10.8. The molecule has 1 atom stereocenters. The highest BCUT2D eigenvalue weighted by atomic mass is 79.9. The van der Waals surface area contributed by atoms with E-state index in [2.05, 4.69) is 35.0 Å². The van der Waals surface area contributed by atoms with Crippen LogP contribution < -0.4 is 5.73 Å². The summed E-state index contributed by atoms with van der Waals surface area (Å²) >= 11 is 5.28. The minimum Gasteiger partial charge on any atom is -0.323 e. The molecule has 1 fully saturated rings. The van der Waals surface area contributed by atoms with Crippen LogP contribution in [0.4, 0.5) is 0 Å². The average molecular weight is 288 g/mol. The first kappa shape index (κ1) is 11.6. The summed E-state index contributed by atoms with van der Waals surface area (Å²) in [7, 11) is 0. The topological polar surface area (TPSA) is 26.0 Å². The van der Waals surface area contributed by atoms with Gasteiger partial charge in [-0.2, -0.15) is 0 Å². The molecule has 1 unspecified atom stereocenters. The van der Waals surface area contributed by atoms with Gasteiger partial charge in [-0.25, -0.2) is 0 Å². The van der Waals surface area contributed by atoms with Crippen molar-refractivity contribution in [2.24, 2.45) is 17.6 Å². The van der Waals surface area contributed by atoms with Crippen molar-refractivity contribution in [2.75, 3.05) is 0 Å². The number of rotatable bonds is 2. The highest BCUT2D eigenvalue weighted by Crippen LogP contribution is 2.38. The Morgan fingerprint density at radius 2 is 2.00 bits per heavy atom. The van der Waals surface area contributed by atoms with Gasteiger partial charge in [0.25, 0.3) is 0 Å². The maximum absolute atomic E-state index is 6.32. The molecule has 2 rings (SSSR count). The highest BCUT2D eigenvalue weighted by molar-refractivity contribution is 9.11. The molecule has 0 aromatic carbocycles. The fraction of sp³-hybridized carbons (Fsp3) is 0.667. The van der Waals surface area contributed by atoms with Crippen LogP contribution in [-0.4, -0.2) is 0 Å². The minimum absolute atomic E-state index is 0.258. The zero-order valence-electron chi connectivity index (χ0n) is 9.08. The van der Waals surface area contributed by atoms with Gasteiger partial charge in [0.15, 0.2) is 0 Å². The fourth-order valence-corrected chi connectivity index (χ4v) is 3.90. The van der Waals surface area contributed by atoms with Gasteiger partial charge in [-0.15, -0.1) is 11.3 Å². The van der Waals surface area contributed by atoms with Crippen LogP contribution in [0.1, 0.15) is 43.5 Å². The molecular weight excluding hydrogens is 270 g/mol. The van der Waals surface area contributed by atoms with E-state index in [0.29, 0.717) is 5.92 Å². The molecule has 0 bridgehead atoms. The Morgan fingerprint density at radius 1 is 1.33 bits per heavy atom. The molecule has 2 N–H and O–H groups in total. The van der Waals surface area contributed by atoms with Crippen LogP contribution in [0.25, 0.3) is 0 Å². The van der Waals surface area contributed by atoms with E-state index >= 15 is 0 Å². The van der Waals surface area contributed by atoms with E-state index in [1.807, 2.05) is 0 Å². The predicted octanol–water partition coefficient (Wildman–Crippen LogP) is 4.34. The molecule has 1 heterocycles. The van der Waals surface area contributed by atoms with Crippen LogP contribution in [0.3, 0.4) is 0 Å². The Bertz CT molecular complexity index is 315. The second-order valence-electron chi connectivity index (χ2n) is 4.69. The molecule has 0 saturated heterocycles. The van der Waals surface area contributed by atoms with Crippen LogP contribution in [0.2, 0.25) is 0 Å². The smallest absolute Gasteiger partial charge is 0.0701 e. The summed E-state index contributed by atoms with van der Waals surface area (Å²) in [6.45, 7) is 2.35. The summed E-state index contributed by atoms with van der Waals surface area (Å²) < 4.78 is 1.19. The van der Waals surface area contributed by atoms with E-state index in [4.69, 9.17) is 5.73 Å². The van der Waals surface area contributed by atoms with Crippen LogP contribution in [0.5, 0.6) is 0 Å². The summed E-state index contributed by atoms with van der Waals surface area (Å²) in [4.78, 5) is 1.33. The van der Waals surface area contributed by atoms with Crippen LogP contribution >= 0.6 is 27.3 Å². The Hall–Kier alpha value is 0.140. The van der Waals surface area contributed by atoms with E-state index in [1.165, 1.54) is 34.3 Å². The zero-order valence-corrected chi connectivity index (χ0v) is 11.5. The molecular formula is C12H18BrNS. The number of thiophene rings is 1. The van der Waals surface area contributed by atoms with E-state index < -0.39 is 0 Å². The summed E-state index contributed by atoms with van der Waals surface area (Å²) in [6.07, 6.45) is 5.31. The number of nitrogens with two attached hydrogens (primary N) is 1. The van der Waals surface area contributed by atoms with Gasteiger partial charge in [-0.3, -0.25) is 0 Å². The Labute approximate surface area is 104 Å². The van der Waals surface area contributed by atoms with Gasteiger partial charge in [0, 0.05) is 10.9 Å². The Morgan fingerprint density at radius 3 is 2.53 bits per heavy atom. The molecule has 1 aliphatic rings. The molecule has 0 amide bonds. The van der Waals surface area contributed by atoms with Crippen LogP contribution in [0.15, 0.2) is 15.9 Å². The van der Waals surface area contributed by atoms with E-state index in [9.17, 15) is 0 Å². The third kappa shape index (κ3) is 2.83. The van der Waals surface area contributed by atoms with Gasteiger partial charge < -0.3 is 5.73 Å². The van der Waals surface area contributed by atoms with Gasteiger partial charge >= 0.3 is 0 Å². The lowest BCUT2D eigenvalue weighted by Crippen LogP contribution is -2.24. The monoisotopic (exact) mass is 287 g/mol. The average Bonchev–Trinajstić information content (AvgIpc) is 2.65.